The number of fused-ring (bicyclic) bond motifs is 1. The van der Waals surface area contributed by atoms with Crippen LogP contribution in [0.3, 0.4) is 0 Å². The highest BCUT2D eigenvalue weighted by Crippen LogP contribution is 2.37. The van der Waals surface area contributed by atoms with Crippen LogP contribution >= 0.6 is 24.0 Å². The van der Waals surface area contributed by atoms with Gasteiger partial charge in [-0.15, -0.1) is 0 Å². The number of nitrogens with zero attached hydrogens (tertiary/aromatic N) is 5. The van der Waals surface area contributed by atoms with Crippen molar-refractivity contribution in [1.82, 2.24) is 18.7 Å². The van der Waals surface area contributed by atoms with E-state index in [-0.39, 0.29) is 32.1 Å². The third-order valence-electron chi connectivity index (χ3n) is 7.94. The predicted molar refractivity (Wildman–Crippen MR) is 168 cm³/mol. The van der Waals surface area contributed by atoms with Gasteiger partial charge in [-0.1, -0.05) is 55.2 Å². The molecule has 0 radical (unpaired) electrons. The molecule has 4 heterocycles. The molecule has 1 aliphatic heterocycles. The maximum absolute atomic E-state index is 13.8. The molecule has 11 heteroatoms. The molecule has 9 nitrogen and oxygen atoms in total. The minimum atomic E-state index is -0.444. The summed E-state index contributed by atoms with van der Waals surface area (Å²) in [5.74, 6) is 0.687. The van der Waals surface area contributed by atoms with E-state index in [1.54, 1.807) is 43.1 Å². The highest BCUT2D eigenvalue weighted by atomic mass is 32.2. The first kappa shape index (κ1) is 27.2. The molecule has 2 fully saturated rings. The Hall–Kier alpha value is -3.96. The van der Waals surface area contributed by atoms with Crippen molar-refractivity contribution >= 4 is 57.4 Å². The SMILES string of the molecule is Cc1c(N2C(=O)C(=Cc3c(NC4CCC(C)CC4)nc4ccccn4c3=O)SC2=S)c(=O)n(-c2ccccc2)n1C. The summed E-state index contributed by atoms with van der Waals surface area (Å²) in [5, 5.41) is 3.50. The molecule has 210 valence electrons. The number of para-hydroxylation sites is 1. The maximum Gasteiger partial charge on any atom is 0.296 e. The van der Waals surface area contributed by atoms with Gasteiger partial charge in [0.05, 0.1) is 21.8 Å². The van der Waals surface area contributed by atoms with Crippen LogP contribution in [0.25, 0.3) is 17.4 Å². The maximum atomic E-state index is 13.8. The van der Waals surface area contributed by atoms with Crippen LogP contribution in [0.1, 0.15) is 43.9 Å². The zero-order valence-corrected chi connectivity index (χ0v) is 24.7. The summed E-state index contributed by atoms with van der Waals surface area (Å²) in [4.78, 5) is 47.5. The van der Waals surface area contributed by atoms with E-state index >= 15 is 0 Å². The third kappa shape index (κ3) is 4.82. The lowest BCUT2D eigenvalue weighted by molar-refractivity contribution is -0.113. The lowest BCUT2D eigenvalue weighted by Gasteiger charge is -2.27. The van der Waals surface area contributed by atoms with Crippen molar-refractivity contribution in [3.05, 3.63) is 91.6 Å². The molecule has 0 unspecified atom stereocenters. The standard InChI is InChI=1S/C30H30N6O3S2/c1-18-12-14-20(15-13-18)31-26-22(27(37)34-16-8-7-11-24(34)32-26)17-23-28(38)35(30(40)41-23)25-19(2)33(3)36(29(25)39)21-9-5-4-6-10-21/h4-11,16-18,20,31H,12-15H2,1-3H3. The molecule has 1 saturated heterocycles. The summed E-state index contributed by atoms with van der Waals surface area (Å²) < 4.78 is 4.93. The van der Waals surface area contributed by atoms with Crippen LogP contribution in [0.5, 0.6) is 0 Å². The zero-order valence-electron chi connectivity index (χ0n) is 23.0. The van der Waals surface area contributed by atoms with Gasteiger partial charge in [0.15, 0.2) is 4.32 Å². The summed E-state index contributed by atoms with van der Waals surface area (Å²) in [6, 6.07) is 14.8. The van der Waals surface area contributed by atoms with E-state index < -0.39 is 5.91 Å². The monoisotopic (exact) mass is 586 g/mol. The number of thiocarbonyl (C=S) groups is 1. The molecule has 1 N–H and O–H groups in total. The van der Waals surface area contributed by atoms with E-state index in [0.717, 1.165) is 37.4 Å². The number of anilines is 2. The number of benzene rings is 1. The zero-order chi connectivity index (χ0) is 28.8. The Bertz CT molecular complexity index is 1830. The van der Waals surface area contributed by atoms with Crippen molar-refractivity contribution in [2.45, 2.75) is 45.6 Å². The number of hydrogen-bond donors (Lipinski definition) is 1. The average Bonchev–Trinajstić information content (AvgIpc) is 3.36. The summed E-state index contributed by atoms with van der Waals surface area (Å²) in [5.41, 5.74) is 1.65. The summed E-state index contributed by atoms with van der Waals surface area (Å²) in [6.45, 7) is 4.04. The van der Waals surface area contributed by atoms with Crippen molar-refractivity contribution in [3.63, 3.8) is 0 Å². The van der Waals surface area contributed by atoms with Gasteiger partial charge in [-0.05, 0) is 68.9 Å². The van der Waals surface area contributed by atoms with Gasteiger partial charge in [-0.3, -0.25) is 28.4 Å². The summed E-state index contributed by atoms with van der Waals surface area (Å²) in [6.07, 6.45) is 7.41. The normalized spacial score (nSPS) is 20.4. The van der Waals surface area contributed by atoms with Crippen LogP contribution < -0.4 is 21.3 Å². The highest BCUT2D eigenvalue weighted by Gasteiger charge is 2.38. The minimum absolute atomic E-state index is 0.189. The van der Waals surface area contributed by atoms with Crippen LogP contribution in [0, 0.1) is 12.8 Å². The fourth-order valence-corrected chi connectivity index (χ4v) is 6.80. The van der Waals surface area contributed by atoms with E-state index in [0.29, 0.717) is 34.3 Å². The first-order valence-electron chi connectivity index (χ1n) is 13.6. The molecule has 6 rings (SSSR count). The number of amides is 1. The number of pyridine rings is 1. The number of hydrogen-bond acceptors (Lipinski definition) is 7. The lowest BCUT2D eigenvalue weighted by atomic mass is 9.87. The Morgan fingerprint density at radius 3 is 2.44 bits per heavy atom. The Labute approximate surface area is 246 Å². The Balaban J connectivity index is 1.42. The molecule has 1 aliphatic carbocycles. The molecule has 1 amide bonds. The van der Waals surface area contributed by atoms with Gasteiger partial charge in [-0.2, -0.15) is 0 Å². The Kier molecular flexibility index (Phi) is 7.16. The van der Waals surface area contributed by atoms with E-state index in [9.17, 15) is 14.4 Å². The third-order valence-corrected chi connectivity index (χ3v) is 9.24. The van der Waals surface area contributed by atoms with Crippen LogP contribution in [0.2, 0.25) is 0 Å². The molecule has 1 aromatic carbocycles. The number of aromatic nitrogens is 4. The first-order chi connectivity index (χ1) is 19.7. The largest absolute Gasteiger partial charge is 0.367 e. The van der Waals surface area contributed by atoms with Crippen LogP contribution in [0.4, 0.5) is 11.5 Å². The van der Waals surface area contributed by atoms with E-state index in [2.05, 4.69) is 12.2 Å². The number of carbonyl (C=O) groups excluding carboxylic acids is 1. The van der Waals surface area contributed by atoms with E-state index in [1.807, 2.05) is 36.4 Å². The fraction of sp³-hybridized carbons (Fsp3) is 0.300. The second-order valence-electron chi connectivity index (χ2n) is 10.6. The number of nitrogens with one attached hydrogen (secondary N) is 1. The number of carbonyl (C=O) groups is 1. The van der Waals surface area contributed by atoms with Gasteiger partial charge in [-0.25, -0.2) is 9.67 Å². The van der Waals surface area contributed by atoms with Crippen molar-refractivity contribution in [2.75, 3.05) is 10.2 Å². The number of thioether (sulfide) groups is 1. The predicted octanol–water partition coefficient (Wildman–Crippen LogP) is 4.89. The van der Waals surface area contributed by atoms with E-state index in [1.165, 1.54) is 14.0 Å². The van der Waals surface area contributed by atoms with Crippen molar-refractivity contribution in [2.24, 2.45) is 13.0 Å². The molecule has 0 spiro atoms. The molecular weight excluding hydrogens is 557 g/mol. The Morgan fingerprint density at radius 2 is 1.71 bits per heavy atom. The van der Waals surface area contributed by atoms with Gasteiger partial charge in [0.2, 0.25) is 0 Å². The second-order valence-corrected chi connectivity index (χ2v) is 12.3. The lowest BCUT2D eigenvalue weighted by Crippen LogP contribution is -2.33. The molecule has 0 atom stereocenters. The summed E-state index contributed by atoms with van der Waals surface area (Å²) in [7, 11) is 1.77. The molecule has 0 bridgehead atoms. The quantitative estimate of drug-likeness (QED) is 0.263. The molecule has 3 aromatic heterocycles. The molecule has 4 aromatic rings. The van der Waals surface area contributed by atoms with Gasteiger partial charge < -0.3 is 5.32 Å². The Morgan fingerprint density at radius 1 is 1.00 bits per heavy atom. The van der Waals surface area contributed by atoms with Crippen LogP contribution in [0.15, 0.2) is 69.2 Å². The highest BCUT2D eigenvalue weighted by molar-refractivity contribution is 8.27. The molecule has 2 aliphatic rings. The molecule has 1 saturated carbocycles. The van der Waals surface area contributed by atoms with Crippen molar-refractivity contribution in [1.29, 1.82) is 0 Å². The van der Waals surface area contributed by atoms with Gasteiger partial charge in [0, 0.05) is 19.3 Å². The van der Waals surface area contributed by atoms with Gasteiger partial charge in [0.25, 0.3) is 17.0 Å². The molecular formula is C30H30N6O3S2. The van der Waals surface area contributed by atoms with Gasteiger partial charge >= 0.3 is 0 Å². The van der Waals surface area contributed by atoms with Crippen molar-refractivity contribution in [3.8, 4) is 5.69 Å². The average molecular weight is 587 g/mol. The van der Waals surface area contributed by atoms with Gasteiger partial charge in [0.1, 0.15) is 17.2 Å². The van der Waals surface area contributed by atoms with E-state index in [4.69, 9.17) is 17.2 Å². The number of rotatable bonds is 5. The first-order valence-corrected chi connectivity index (χ1v) is 14.9. The van der Waals surface area contributed by atoms with Crippen LogP contribution in [-0.4, -0.2) is 35.0 Å². The second kappa shape index (κ2) is 10.8. The topological polar surface area (TPSA) is 93.6 Å². The smallest absolute Gasteiger partial charge is 0.296 e. The van der Waals surface area contributed by atoms with Crippen LogP contribution in [-0.2, 0) is 11.8 Å². The summed E-state index contributed by atoms with van der Waals surface area (Å²) >= 11 is 6.70. The fourth-order valence-electron chi connectivity index (χ4n) is 5.54. The van der Waals surface area contributed by atoms with Crippen molar-refractivity contribution < 1.29 is 4.79 Å². The minimum Gasteiger partial charge on any atom is -0.367 e. The molecule has 41 heavy (non-hydrogen) atoms.